The molecule has 1 aromatic rings. The summed E-state index contributed by atoms with van der Waals surface area (Å²) in [5.41, 5.74) is 1.01. The lowest BCUT2D eigenvalue weighted by molar-refractivity contribution is 0.183. The van der Waals surface area contributed by atoms with E-state index < -0.39 is 6.10 Å². The molecule has 1 heterocycles. The van der Waals surface area contributed by atoms with Gasteiger partial charge in [0.1, 0.15) is 0 Å². The van der Waals surface area contributed by atoms with Gasteiger partial charge >= 0.3 is 6.03 Å². The number of amides is 2. The molecule has 0 bridgehead atoms. The highest BCUT2D eigenvalue weighted by Gasteiger charge is 2.08. The summed E-state index contributed by atoms with van der Waals surface area (Å²) in [6.45, 7) is 4.06. The molecule has 2 amide bonds. The first kappa shape index (κ1) is 13.4. The van der Waals surface area contributed by atoms with Gasteiger partial charge in [-0.25, -0.2) is 4.79 Å². The second kappa shape index (κ2) is 6.85. The molecule has 5 heteroatoms. The molecule has 1 rings (SSSR count). The van der Waals surface area contributed by atoms with E-state index in [0.29, 0.717) is 13.0 Å². The first-order valence-corrected chi connectivity index (χ1v) is 5.72. The van der Waals surface area contributed by atoms with Crippen molar-refractivity contribution in [1.82, 2.24) is 15.6 Å². The first-order chi connectivity index (χ1) is 8.09. The van der Waals surface area contributed by atoms with E-state index in [1.165, 1.54) is 0 Å². The fraction of sp³-hybridized carbons (Fsp3) is 0.500. The molecule has 1 aromatic heterocycles. The van der Waals surface area contributed by atoms with Crippen molar-refractivity contribution in [2.45, 2.75) is 32.4 Å². The molecular formula is C12H19N3O2. The predicted octanol–water partition coefficient (Wildman–Crippen LogP) is 1.21. The van der Waals surface area contributed by atoms with Crippen LogP contribution in [0.15, 0.2) is 24.5 Å². The molecule has 2 atom stereocenters. The van der Waals surface area contributed by atoms with Crippen molar-refractivity contribution >= 4 is 6.03 Å². The van der Waals surface area contributed by atoms with E-state index in [2.05, 4.69) is 15.6 Å². The van der Waals surface area contributed by atoms with Crippen molar-refractivity contribution in [1.29, 1.82) is 0 Å². The summed E-state index contributed by atoms with van der Waals surface area (Å²) in [4.78, 5) is 15.4. The number of urea groups is 1. The third-order valence-electron chi connectivity index (χ3n) is 2.40. The summed E-state index contributed by atoms with van der Waals surface area (Å²) in [7, 11) is 0. The monoisotopic (exact) mass is 237 g/mol. The van der Waals surface area contributed by atoms with Gasteiger partial charge in [0, 0.05) is 18.9 Å². The van der Waals surface area contributed by atoms with Gasteiger partial charge in [-0.15, -0.1) is 0 Å². The Kier molecular flexibility index (Phi) is 5.42. The zero-order valence-corrected chi connectivity index (χ0v) is 10.2. The molecule has 0 aliphatic carbocycles. The Morgan fingerprint density at radius 2 is 2.06 bits per heavy atom. The molecule has 0 radical (unpaired) electrons. The number of aliphatic hydroxyl groups is 1. The number of carbonyl (C=O) groups excluding carboxylic acids is 1. The zero-order valence-electron chi connectivity index (χ0n) is 10.2. The van der Waals surface area contributed by atoms with Crippen molar-refractivity contribution in [2.24, 2.45) is 0 Å². The summed E-state index contributed by atoms with van der Waals surface area (Å²) in [6.07, 6.45) is 3.54. The van der Waals surface area contributed by atoms with Crippen LogP contribution in [-0.4, -0.2) is 28.8 Å². The molecule has 0 aliphatic heterocycles. The second-order valence-corrected chi connectivity index (χ2v) is 4.04. The van der Waals surface area contributed by atoms with E-state index in [1.807, 2.05) is 19.1 Å². The maximum atomic E-state index is 11.5. The number of hydrogen-bond acceptors (Lipinski definition) is 3. The average Bonchev–Trinajstić information content (AvgIpc) is 2.29. The van der Waals surface area contributed by atoms with E-state index >= 15 is 0 Å². The van der Waals surface area contributed by atoms with Crippen LogP contribution < -0.4 is 10.6 Å². The second-order valence-electron chi connectivity index (χ2n) is 4.04. The van der Waals surface area contributed by atoms with Crippen LogP contribution in [0.3, 0.4) is 0 Å². The highest BCUT2D eigenvalue weighted by Crippen LogP contribution is 2.09. The van der Waals surface area contributed by atoms with Crippen LogP contribution in [0.4, 0.5) is 4.79 Å². The van der Waals surface area contributed by atoms with Crippen LogP contribution in [0, 0.1) is 0 Å². The zero-order chi connectivity index (χ0) is 12.7. The maximum absolute atomic E-state index is 11.5. The van der Waals surface area contributed by atoms with Crippen molar-refractivity contribution in [3.05, 3.63) is 30.1 Å². The average molecular weight is 237 g/mol. The lowest BCUT2D eigenvalue weighted by atomic mass is 10.1. The van der Waals surface area contributed by atoms with Gasteiger partial charge in [0.25, 0.3) is 0 Å². The van der Waals surface area contributed by atoms with Gasteiger partial charge in [-0.3, -0.25) is 4.98 Å². The number of carbonyl (C=O) groups is 1. The van der Waals surface area contributed by atoms with Crippen molar-refractivity contribution < 1.29 is 9.90 Å². The third-order valence-corrected chi connectivity index (χ3v) is 2.40. The number of nitrogens with zero attached hydrogens (tertiary/aromatic N) is 1. The molecule has 2 unspecified atom stereocenters. The number of aliphatic hydroxyl groups excluding tert-OH is 1. The van der Waals surface area contributed by atoms with E-state index in [-0.39, 0.29) is 12.1 Å². The lowest BCUT2D eigenvalue weighted by Gasteiger charge is -2.15. The van der Waals surface area contributed by atoms with Crippen LogP contribution in [-0.2, 0) is 0 Å². The number of rotatable bonds is 5. The minimum atomic E-state index is -0.395. The molecule has 5 nitrogen and oxygen atoms in total. The van der Waals surface area contributed by atoms with Crippen LogP contribution >= 0.6 is 0 Å². The van der Waals surface area contributed by atoms with Crippen molar-refractivity contribution in [2.75, 3.05) is 6.54 Å². The molecule has 0 aliphatic rings. The van der Waals surface area contributed by atoms with Gasteiger partial charge in [-0.05, 0) is 38.0 Å². The Morgan fingerprint density at radius 1 is 1.41 bits per heavy atom. The topological polar surface area (TPSA) is 74.2 Å². The molecule has 0 saturated carbocycles. The Hall–Kier alpha value is -1.62. The molecular weight excluding hydrogens is 218 g/mol. The summed E-state index contributed by atoms with van der Waals surface area (Å²) < 4.78 is 0. The van der Waals surface area contributed by atoms with Gasteiger partial charge in [0.15, 0.2) is 0 Å². The van der Waals surface area contributed by atoms with Gasteiger partial charge in [0.05, 0.1) is 12.1 Å². The molecule has 0 fully saturated rings. The fourth-order valence-corrected chi connectivity index (χ4v) is 1.38. The summed E-state index contributed by atoms with van der Waals surface area (Å²) >= 11 is 0. The minimum absolute atomic E-state index is 0.0652. The smallest absolute Gasteiger partial charge is 0.315 e. The summed E-state index contributed by atoms with van der Waals surface area (Å²) in [5.74, 6) is 0. The summed E-state index contributed by atoms with van der Waals surface area (Å²) in [5, 5.41) is 14.5. The Bertz CT molecular complexity index is 341. The highest BCUT2D eigenvalue weighted by molar-refractivity contribution is 5.74. The highest BCUT2D eigenvalue weighted by atomic mass is 16.3. The molecule has 17 heavy (non-hydrogen) atoms. The van der Waals surface area contributed by atoms with Crippen molar-refractivity contribution in [3.8, 4) is 0 Å². The van der Waals surface area contributed by atoms with E-state index in [4.69, 9.17) is 5.11 Å². The third kappa shape index (κ3) is 5.31. The van der Waals surface area contributed by atoms with Gasteiger partial charge in [-0.2, -0.15) is 0 Å². The Balaban J connectivity index is 2.31. The molecule has 3 N–H and O–H groups in total. The molecule has 94 valence electrons. The fourth-order valence-electron chi connectivity index (χ4n) is 1.38. The van der Waals surface area contributed by atoms with Gasteiger partial charge in [-0.1, -0.05) is 0 Å². The van der Waals surface area contributed by atoms with E-state index in [1.54, 1.807) is 19.3 Å². The molecule has 0 aromatic carbocycles. The number of hydrogen-bond donors (Lipinski definition) is 3. The van der Waals surface area contributed by atoms with Crippen molar-refractivity contribution in [3.63, 3.8) is 0 Å². The Morgan fingerprint density at radius 3 is 2.65 bits per heavy atom. The normalized spacial score (nSPS) is 13.8. The van der Waals surface area contributed by atoms with Crippen LogP contribution in [0.1, 0.15) is 31.9 Å². The quantitative estimate of drug-likeness (QED) is 0.720. The maximum Gasteiger partial charge on any atom is 0.315 e. The minimum Gasteiger partial charge on any atom is -0.393 e. The summed E-state index contributed by atoms with van der Waals surface area (Å²) in [6, 6.07) is 3.43. The van der Waals surface area contributed by atoms with E-state index in [0.717, 1.165) is 5.56 Å². The lowest BCUT2D eigenvalue weighted by Crippen LogP contribution is -2.38. The first-order valence-electron chi connectivity index (χ1n) is 5.72. The van der Waals surface area contributed by atoms with E-state index in [9.17, 15) is 4.79 Å². The molecule has 0 saturated heterocycles. The number of aromatic nitrogens is 1. The van der Waals surface area contributed by atoms with Crippen LogP contribution in [0.2, 0.25) is 0 Å². The number of nitrogens with one attached hydrogen (secondary N) is 2. The predicted molar refractivity (Wildman–Crippen MR) is 65.5 cm³/mol. The van der Waals surface area contributed by atoms with Crippen LogP contribution in [0.5, 0.6) is 0 Å². The standard InChI is InChI=1S/C12H19N3O2/c1-9(16)3-8-14-12(17)15-10(2)11-4-6-13-7-5-11/h4-7,9-10,16H,3,8H2,1-2H3,(H2,14,15,17). The SMILES string of the molecule is CC(O)CCNC(=O)NC(C)c1ccncc1. The largest absolute Gasteiger partial charge is 0.393 e. The van der Waals surface area contributed by atoms with Gasteiger partial charge < -0.3 is 15.7 Å². The number of pyridine rings is 1. The Labute approximate surface area is 101 Å². The van der Waals surface area contributed by atoms with Crippen LogP contribution in [0.25, 0.3) is 0 Å². The van der Waals surface area contributed by atoms with Gasteiger partial charge in [0.2, 0.25) is 0 Å². The molecule has 0 spiro atoms.